The topological polar surface area (TPSA) is 60.9 Å². The standard InChI is InChI=1S/C28H29FN2O3/c29-23-8-4-5-20(15-23)10-9-19-11-13-21(14-12-19)27-24-16-30(17-26(33)31(24)25(27)18-32)28(34)22-6-2-1-3-7-22/h4-5,8,11-15,22,24-25,27,32H,1-3,6-7,16-18H2/t24-,25+,27+/m1/s1. The molecule has 2 saturated heterocycles. The maximum absolute atomic E-state index is 13.4. The first-order valence-corrected chi connectivity index (χ1v) is 12.1. The summed E-state index contributed by atoms with van der Waals surface area (Å²) in [5.74, 6) is 5.76. The second kappa shape index (κ2) is 9.60. The molecule has 0 aromatic heterocycles. The van der Waals surface area contributed by atoms with E-state index < -0.39 is 0 Å². The van der Waals surface area contributed by atoms with Crippen LogP contribution in [0, 0.1) is 23.6 Å². The minimum Gasteiger partial charge on any atom is -0.394 e. The fourth-order valence-corrected chi connectivity index (χ4v) is 5.77. The van der Waals surface area contributed by atoms with Crippen LogP contribution in [0.3, 0.4) is 0 Å². The Labute approximate surface area is 199 Å². The van der Waals surface area contributed by atoms with E-state index in [1.54, 1.807) is 21.9 Å². The van der Waals surface area contributed by atoms with Gasteiger partial charge in [0.2, 0.25) is 11.8 Å². The summed E-state index contributed by atoms with van der Waals surface area (Å²) in [7, 11) is 0. The quantitative estimate of drug-likeness (QED) is 0.715. The van der Waals surface area contributed by atoms with Crippen molar-refractivity contribution < 1.29 is 19.1 Å². The Balaban J connectivity index is 1.32. The van der Waals surface area contributed by atoms with E-state index >= 15 is 0 Å². The summed E-state index contributed by atoms with van der Waals surface area (Å²) in [5, 5.41) is 10.0. The fourth-order valence-electron chi connectivity index (χ4n) is 5.77. The minimum atomic E-state index is -0.315. The molecule has 2 aromatic rings. The van der Waals surface area contributed by atoms with Crippen LogP contribution in [0.5, 0.6) is 0 Å². The van der Waals surface area contributed by atoms with Crippen LogP contribution in [-0.4, -0.2) is 58.5 Å². The predicted octanol–water partition coefficient (Wildman–Crippen LogP) is 3.30. The first-order valence-electron chi connectivity index (χ1n) is 12.1. The molecule has 1 N–H and O–H groups in total. The van der Waals surface area contributed by atoms with Crippen molar-refractivity contribution in [1.82, 2.24) is 9.80 Å². The molecule has 5 rings (SSSR count). The van der Waals surface area contributed by atoms with Crippen LogP contribution in [-0.2, 0) is 9.59 Å². The number of nitrogens with zero attached hydrogens (tertiary/aromatic N) is 2. The zero-order chi connectivity index (χ0) is 23.7. The van der Waals surface area contributed by atoms with E-state index in [1.165, 1.54) is 18.6 Å². The molecule has 3 atom stereocenters. The van der Waals surface area contributed by atoms with Gasteiger partial charge in [0.25, 0.3) is 0 Å². The smallest absolute Gasteiger partial charge is 0.242 e. The Morgan fingerprint density at radius 3 is 2.47 bits per heavy atom. The van der Waals surface area contributed by atoms with Crippen LogP contribution in [0.1, 0.15) is 54.7 Å². The Hall–Kier alpha value is -3.17. The number of amides is 2. The normalized spacial score (nSPS) is 24.6. The van der Waals surface area contributed by atoms with Gasteiger partial charge in [0.05, 0.1) is 25.2 Å². The number of hydrogen-bond acceptors (Lipinski definition) is 3. The van der Waals surface area contributed by atoms with Crippen molar-refractivity contribution in [2.75, 3.05) is 19.7 Å². The second-order valence-electron chi connectivity index (χ2n) is 9.58. The van der Waals surface area contributed by atoms with Gasteiger partial charge in [-0.2, -0.15) is 0 Å². The molecular formula is C28H29FN2O3. The number of hydrogen-bond donors (Lipinski definition) is 1. The molecule has 3 fully saturated rings. The lowest BCUT2D eigenvalue weighted by Crippen LogP contribution is -2.73. The second-order valence-corrected chi connectivity index (χ2v) is 9.58. The summed E-state index contributed by atoms with van der Waals surface area (Å²) in [4.78, 5) is 29.5. The van der Waals surface area contributed by atoms with E-state index in [0.29, 0.717) is 12.1 Å². The molecule has 2 heterocycles. The summed E-state index contributed by atoms with van der Waals surface area (Å²) >= 11 is 0. The summed E-state index contributed by atoms with van der Waals surface area (Å²) in [6.45, 7) is 0.525. The van der Waals surface area contributed by atoms with Crippen molar-refractivity contribution in [2.24, 2.45) is 5.92 Å². The number of piperazine rings is 1. The van der Waals surface area contributed by atoms with E-state index in [4.69, 9.17) is 0 Å². The van der Waals surface area contributed by atoms with E-state index in [9.17, 15) is 19.1 Å². The highest BCUT2D eigenvalue weighted by Gasteiger charge is 2.54. The van der Waals surface area contributed by atoms with Crippen molar-refractivity contribution in [1.29, 1.82) is 0 Å². The van der Waals surface area contributed by atoms with Gasteiger partial charge in [-0.1, -0.05) is 49.3 Å². The molecule has 5 nitrogen and oxygen atoms in total. The summed E-state index contributed by atoms with van der Waals surface area (Å²) in [6, 6.07) is 13.6. The highest BCUT2D eigenvalue weighted by atomic mass is 19.1. The molecule has 2 aliphatic heterocycles. The average Bonchev–Trinajstić information content (AvgIpc) is 2.85. The van der Waals surface area contributed by atoms with E-state index in [0.717, 1.165) is 36.8 Å². The molecule has 1 saturated carbocycles. The number of benzene rings is 2. The SMILES string of the molecule is O=C(C1CCCCC1)N1CC(=O)N2[C@H](C1)[C@H](c1ccc(C#Cc3cccc(F)c3)cc1)[C@@H]2CO. The van der Waals surface area contributed by atoms with E-state index in [-0.39, 0.29) is 54.7 Å². The number of aliphatic hydroxyl groups is 1. The number of aliphatic hydroxyl groups excluding tert-OH is 1. The summed E-state index contributed by atoms with van der Waals surface area (Å²) in [6.07, 6.45) is 5.17. The number of fused-ring (bicyclic) bond motifs is 1. The molecule has 0 unspecified atom stereocenters. The third-order valence-electron chi connectivity index (χ3n) is 7.49. The molecule has 0 radical (unpaired) electrons. The van der Waals surface area contributed by atoms with Crippen LogP contribution >= 0.6 is 0 Å². The van der Waals surface area contributed by atoms with Crippen LogP contribution in [0.15, 0.2) is 48.5 Å². The van der Waals surface area contributed by atoms with Crippen LogP contribution in [0.4, 0.5) is 4.39 Å². The minimum absolute atomic E-state index is 0.0267. The highest BCUT2D eigenvalue weighted by molar-refractivity contribution is 5.88. The Morgan fingerprint density at radius 1 is 1.03 bits per heavy atom. The molecular weight excluding hydrogens is 431 g/mol. The number of halogens is 1. The van der Waals surface area contributed by atoms with Gasteiger partial charge >= 0.3 is 0 Å². The molecule has 2 amide bonds. The zero-order valence-corrected chi connectivity index (χ0v) is 19.1. The summed E-state index contributed by atoms with van der Waals surface area (Å²) < 4.78 is 13.4. The monoisotopic (exact) mass is 460 g/mol. The molecule has 176 valence electrons. The Bertz CT molecular complexity index is 1130. The lowest BCUT2D eigenvalue weighted by atomic mass is 9.73. The zero-order valence-electron chi connectivity index (χ0n) is 19.1. The van der Waals surface area contributed by atoms with Gasteiger partial charge in [0.1, 0.15) is 5.82 Å². The van der Waals surface area contributed by atoms with Gasteiger partial charge in [0, 0.05) is 29.5 Å². The Kier molecular flexibility index (Phi) is 6.38. The molecule has 0 bridgehead atoms. The predicted molar refractivity (Wildman–Crippen MR) is 126 cm³/mol. The molecule has 6 heteroatoms. The van der Waals surface area contributed by atoms with Crippen molar-refractivity contribution in [3.63, 3.8) is 0 Å². The van der Waals surface area contributed by atoms with E-state index in [2.05, 4.69) is 11.8 Å². The van der Waals surface area contributed by atoms with Crippen molar-refractivity contribution in [3.05, 3.63) is 71.0 Å². The molecule has 1 aliphatic carbocycles. The first kappa shape index (κ1) is 22.6. The number of carbonyl (C=O) groups is 2. The highest BCUT2D eigenvalue weighted by Crippen LogP contribution is 2.43. The van der Waals surface area contributed by atoms with Gasteiger partial charge in [-0.25, -0.2) is 4.39 Å². The maximum Gasteiger partial charge on any atom is 0.242 e. The third kappa shape index (κ3) is 4.33. The van der Waals surface area contributed by atoms with Crippen molar-refractivity contribution >= 4 is 11.8 Å². The fraction of sp³-hybridized carbons (Fsp3) is 0.429. The van der Waals surface area contributed by atoms with Crippen LogP contribution < -0.4 is 0 Å². The Morgan fingerprint density at radius 2 is 1.76 bits per heavy atom. The van der Waals surface area contributed by atoms with E-state index in [1.807, 2.05) is 24.3 Å². The largest absolute Gasteiger partial charge is 0.394 e. The number of carbonyl (C=O) groups excluding carboxylic acids is 2. The molecule has 0 spiro atoms. The van der Waals surface area contributed by atoms with Gasteiger partial charge in [-0.15, -0.1) is 0 Å². The maximum atomic E-state index is 13.4. The first-order chi connectivity index (χ1) is 16.5. The van der Waals surface area contributed by atoms with Gasteiger partial charge in [-0.05, 0) is 48.7 Å². The van der Waals surface area contributed by atoms with Gasteiger partial charge in [-0.3, -0.25) is 9.59 Å². The van der Waals surface area contributed by atoms with Crippen LogP contribution in [0.25, 0.3) is 0 Å². The molecule has 34 heavy (non-hydrogen) atoms. The molecule has 3 aliphatic rings. The van der Waals surface area contributed by atoms with Gasteiger partial charge in [0.15, 0.2) is 0 Å². The lowest BCUT2D eigenvalue weighted by molar-refractivity contribution is -0.168. The molecule has 2 aromatic carbocycles. The van der Waals surface area contributed by atoms with Crippen LogP contribution in [0.2, 0.25) is 0 Å². The summed E-state index contributed by atoms with van der Waals surface area (Å²) in [5.41, 5.74) is 2.44. The number of rotatable bonds is 3. The average molecular weight is 461 g/mol. The van der Waals surface area contributed by atoms with Crippen molar-refractivity contribution in [2.45, 2.75) is 50.1 Å². The van der Waals surface area contributed by atoms with Gasteiger partial charge < -0.3 is 14.9 Å². The third-order valence-corrected chi connectivity index (χ3v) is 7.49. The van der Waals surface area contributed by atoms with Crippen molar-refractivity contribution in [3.8, 4) is 11.8 Å². The lowest BCUT2D eigenvalue weighted by Gasteiger charge is -2.59.